The number of hydrogen-bond acceptors (Lipinski definition) is 3. The molecule has 3 N–H and O–H groups in total. The summed E-state index contributed by atoms with van der Waals surface area (Å²) in [4.78, 5) is 23.3. The molecule has 2 amide bonds. The van der Waals surface area contributed by atoms with Gasteiger partial charge in [0.15, 0.2) is 0 Å². The van der Waals surface area contributed by atoms with Crippen molar-refractivity contribution in [2.75, 3.05) is 13.7 Å². The first-order valence-corrected chi connectivity index (χ1v) is 7.36. The van der Waals surface area contributed by atoms with Gasteiger partial charge in [0.05, 0.1) is 11.5 Å². The summed E-state index contributed by atoms with van der Waals surface area (Å²) in [6, 6.07) is -0.122. The quantitative estimate of drug-likeness (QED) is 0.714. The predicted octanol–water partition coefficient (Wildman–Crippen LogP) is 1.50. The monoisotopic (exact) mass is 284 g/mol. The van der Waals surface area contributed by atoms with E-state index in [-0.39, 0.29) is 24.7 Å². The molecule has 0 aliphatic heterocycles. The van der Waals surface area contributed by atoms with Crippen LogP contribution in [0.15, 0.2) is 0 Å². The van der Waals surface area contributed by atoms with Crippen LogP contribution in [0.5, 0.6) is 0 Å². The lowest BCUT2D eigenvalue weighted by atomic mass is 9.74. The van der Waals surface area contributed by atoms with Crippen LogP contribution in [-0.4, -0.2) is 42.9 Å². The molecular formula is C14H24N2O4. The average molecular weight is 284 g/mol. The second-order valence-corrected chi connectivity index (χ2v) is 6.00. The Kier molecular flexibility index (Phi) is 4.86. The summed E-state index contributed by atoms with van der Waals surface area (Å²) in [5.41, 5.74) is -0.774. The van der Waals surface area contributed by atoms with Crippen molar-refractivity contribution in [3.05, 3.63) is 0 Å². The van der Waals surface area contributed by atoms with Gasteiger partial charge in [-0.05, 0) is 25.7 Å². The number of carboxylic acid groups (broad SMARTS) is 1. The van der Waals surface area contributed by atoms with Crippen molar-refractivity contribution < 1.29 is 19.4 Å². The maximum atomic E-state index is 11.8. The van der Waals surface area contributed by atoms with Crippen LogP contribution < -0.4 is 10.6 Å². The molecule has 0 spiro atoms. The van der Waals surface area contributed by atoms with Crippen LogP contribution in [-0.2, 0) is 9.53 Å². The molecule has 2 aliphatic rings. The molecule has 2 fully saturated rings. The minimum atomic E-state index is -0.791. The zero-order valence-electron chi connectivity index (χ0n) is 12.0. The number of carbonyl (C=O) groups is 2. The van der Waals surface area contributed by atoms with E-state index in [4.69, 9.17) is 4.74 Å². The van der Waals surface area contributed by atoms with Gasteiger partial charge in [-0.1, -0.05) is 19.3 Å². The van der Waals surface area contributed by atoms with Gasteiger partial charge in [0.2, 0.25) is 0 Å². The summed E-state index contributed by atoms with van der Waals surface area (Å²) in [5.74, 6) is -0.791. The number of aliphatic carboxylic acids is 1. The molecule has 0 bridgehead atoms. The fourth-order valence-electron chi connectivity index (χ4n) is 3.06. The third-order valence-corrected chi connectivity index (χ3v) is 4.62. The summed E-state index contributed by atoms with van der Waals surface area (Å²) in [6.45, 7) is 0.217. The second kappa shape index (κ2) is 6.43. The molecule has 2 saturated carbocycles. The molecule has 2 aliphatic carbocycles. The number of rotatable bonds is 5. The van der Waals surface area contributed by atoms with Crippen molar-refractivity contribution in [3.63, 3.8) is 0 Å². The van der Waals surface area contributed by atoms with Crippen molar-refractivity contribution >= 4 is 12.0 Å². The minimum absolute atomic E-state index is 0.145. The second-order valence-electron chi connectivity index (χ2n) is 6.00. The van der Waals surface area contributed by atoms with Gasteiger partial charge in [0.1, 0.15) is 0 Å². The number of urea groups is 1. The molecule has 0 radical (unpaired) electrons. The van der Waals surface area contributed by atoms with E-state index in [1.807, 2.05) is 0 Å². The molecule has 6 heteroatoms. The zero-order valence-corrected chi connectivity index (χ0v) is 12.0. The Hall–Kier alpha value is -1.30. The van der Waals surface area contributed by atoms with Gasteiger partial charge in [0, 0.05) is 19.7 Å². The van der Waals surface area contributed by atoms with Gasteiger partial charge in [-0.2, -0.15) is 0 Å². The third kappa shape index (κ3) is 3.42. The molecule has 6 nitrogen and oxygen atoms in total. The first-order chi connectivity index (χ1) is 9.55. The van der Waals surface area contributed by atoms with Crippen molar-refractivity contribution in [3.8, 4) is 0 Å². The number of carbonyl (C=O) groups excluding carboxylic acids is 1. The number of methoxy groups -OCH3 is 1. The van der Waals surface area contributed by atoms with Crippen molar-refractivity contribution in [1.29, 1.82) is 0 Å². The predicted molar refractivity (Wildman–Crippen MR) is 73.5 cm³/mol. The molecule has 0 atom stereocenters. The van der Waals surface area contributed by atoms with Crippen LogP contribution in [0.3, 0.4) is 0 Å². The summed E-state index contributed by atoms with van der Waals surface area (Å²) in [6.07, 6.45) is 6.13. The topological polar surface area (TPSA) is 87.7 Å². The number of carboxylic acids is 1. The number of ether oxygens (including phenoxy) is 1. The standard InChI is InChI=1S/C14H24N2O4/c1-20-11-7-10(8-11)16-13(19)15-9-14(12(17)18)5-3-2-4-6-14/h10-11H,2-9H2,1H3,(H,17,18)(H2,15,16,19). The van der Waals surface area contributed by atoms with E-state index in [0.29, 0.717) is 12.8 Å². The van der Waals surface area contributed by atoms with E-state index in [9.17, 15) is 14.7 Å². The highest BCUT2D eigenvalue weighted by atomic mass is 16.5. The van der Waals surface area contributed by atoms with Gasteiger partial charge in [-0.25, -0.2) is 4.79 Å². The average Bonchev–Trinajstić information content (AvgIpc) is 2.41. The number of nitrogens with one attached hydrogen (secondary N) is 2. The van der Waals surface area contributed by atoms with Gasteiger partial charge >= 0.3 is 12.0 Å². The lowest BCUT2D eigenvalue weighted by Gasteiger charge is -2.36. The number of amides is 2. The highest BCUT2D eigenvalue weighted by Gasteiger charge is 2.40. The molecule has 0 aromatic rings. The van der Waals surface area contributed by atoms with Gasteiger partial charge in [-0.15, -0.1) is 0 Å². The number of hydrogen-bond donors (Lipinski definition) is 3. The molecular weight excluding hydrogens is 260 g/mol. The van der Waals surface area contributed by atoms with E-state index in [1.54, 1.807) is 7.11 Å². The Balaban J connectivity index is 1.75. The van der Waals surface area contributed by atoms with Crippen molar-refractivity contribution in [2.45, 2.75) is 57.1 Å². The van der Waals surface area contributed by atoms with Crippen molar-refractivity contribution in [1.82, 2.24) is 10.6 Å². The highest BCUT2D eigenvalue weighted by molar-refractivity contribution is 5.78. The minimum Gasteiger partial charge on any atom is -0.481 e. The molecule has 20 heavy (non-hydrogen) atoms. The fourth-order valence-corrected chi connectivity index (χ4v) is 3.06. The Morgan fingerprint density at radius 1 is 1.25 bits per heavy atom. The Morgan fingerprint density at radius 2 is 1.90 bits per heavy atom. The molecule has 0 unspecified atom stereocenters. The summed E-state index contributed by atoms with van der Waals surface area (Å²) in [7, 11) is 1.67. The van der Waals surface area contributed by atoms with E-state index in [0.717, 1.165) is 32.1 Å². The zero-order chi connectivity index (χ0) is 14.6. The van der Waals surface area contributed by atoms with Crippen LogP contribution in [0.1, 0.15) is 44.9 Å². The molecule has 0 aromatic heterocycles. The maximum absolute atomic E-state index is 11.8. The van der Waals surface area contributed by atoms with Crippen LogP contribution in [0.2, 0.25) is 0 Å². The van der Waals surface area contributed by atoms with Gasteiger partial charge in [-0.3, -0.25) is 4.79 Å². The SMILES string of the molecule is COC1CC(NC(=O)NCC2(C(=O)O)CCCCC2)C1. The lowest BCUT2D eigenvalue weighted by Crippen LogP contribution is -2.53. The van der Waals surface area contributed by atoms with Crippen molar-refractivity contribution in [2.24, 2.45) is 5.41 Å². The first-order valence-electron chi connectivity index (χ1n) is 7.36. The van der Waals surface area contributed by atoms with Crippen LogP contribution in [0.4, 0.5) is 4.79 Å². The summed E-state index contributed by atoms with van der Waals surface area (Å²) < 4.78 is 5.15. The van der Waals surface area contributed by atoms with E-state index in [2.05, 4.69) is 10.6 Å². The van der Waals surface area contributed by atoms with Crippen LogP contribution in [0, 0.1) is 5.41 Å². The van der Waals surface area contributed by atoms with Crippen LogP contribution >= 0.6 is 0 Å². The molecule has 114 valence electrons. The van der Waals surface area contributed by atoms with Gasteiger partial charge in [0.25, 0.3) is 0 Å². The fraction of sp³-hybridized carbons (Fsp3) is 0.857. The molecule has 0 heterocycles. The molecule has 0 saturated heterocycles. The first kappa shape index (κ1) is 15.1. The van der Waals surface area contributed by atoms with E-state index < -0.39 is 11.4 Å². The van der Waals surface area contributed by atoms with E-state index >= 15 is 0 Å². The largest absolute Gasteiger partial charge is 0.481 e. The summed E-state index contributed by atoms with van der Waals surface area (Å²) >= 11 is 0. The van der Waals surface area contributed by atoms with Gasteiger partial charge < -0.3 is 20.5 Å². The Bertz CT molecular complexity index is 360. The van der Waals surface area contributed by atoms with Crippen LogP contribution in [0.25, 0.3) is 0 Å². The summed E-state index contributed by atoms with van der Waals surface area (Å²) in [5, 5.41) is 15.0. The highest BCUT2D eigenvalue weighted by Crippen LogP contribution is 2.36. The normalized spacial score (nSPS) is 28.2. The smallest absolute Gasteiger partial charge is 0.315 e. The maximum Gasteiger partial charge on any atom is 0.315 e. The molecule has 2 rings (SSSR count). The Morgan fingerprint density at radius 3 is 2.45 bits per heavy atom. The van der Waals surface area contributed by atoms with E-state index in [1.165, 1.54) is 0 Å². The Labute approximate surface area is 119 Å². The molecule has 0 aromatic carbocycles. The third-order valence-electron chi connectivity index (χ3n) is 4.62. The lowest BCUT2D eigenvalue weighted by molar-refractivity contribution is -0.150.